The van der Waals surface area contributed by atoms with E-state index < -0.39 is 6.09 Å². The van der Waals surface area contributed by atoms with Gasteiger partial charge in [0.05, 0.1) is 6.61 Å². The molecule has 5 N–H and O–H groups in total. The van der Waals surface area contributed by atoms with Crippen LogP contribution in [0.1, 0.15) is 20.3 Å². The number of hydrogen-bond donors (Lipinski definition) is 3. The third kappa shape index (κ3) is 3.65. The zero-order valence-electron chi connectivity index (χ0n) is 10.4. The molecule has 100 valence electrons. The van der Waals surface area contributed by atoms with Crippen LogP contribution < -0.4 is 26.3 Å². The van der Waals surface area contributed by atoms with Crippen LogP contribution >= 0.6 is 0 Å². The van der Waals surface area contributed by atoms with Gasteiger partial charge in [0.25, 0.3) is 5.88 Å². The molecule has 0 saturated carbocycles. The van der Waals surface area contributed by atoms with Crippen LogP contribution in [0.4, 0.5) is 16.4 Å². The minimum atomic E-state index is -0.663. The molecule has 0 unspecified atom stereocenters. The lowest BCUT2D eigenvalue weighted by Gasteiger charge is -2.11. The van der Waals surface area contributed by atoms with Gasteiger partial charge in [-0.3, -0.25) is 0 Å². The first-order valence-electron chi connectivity index (χ1n) is 5.59. The first-order valence-corrected chi connectivity index (χ1v) is 5.59. The lowest BCUT2D eigenvalue weighted by Crippen LogP contribution is -2.27. The molecule has 0 radical (unpaired) electrons. The maximum atomic E-state index is 11.3. The van der Waals surface area contributed by atoms with Gasteiger partial charge >= 0.3 is 6.09 Å². The highest BCUT2D eigenvalue weighted by Gasteiger charge is 2.15. The van der Waals surface area contributed by atoms with Crippen LogP contribution in [0.3, 0.4) is 0 Å². The van der Waals surface area contributed by atoms with Crippen LogP contribution in [-0.2, 0) is 0 Å². The van der Waals surface area contributed by atoms with Crippen molar-refractivity contribution in [3.05, 3.63) is 0 Å². The van der Waals surface area contributed by atoms with E-state index in [2.05, 4.69) is 15.3 Å². The van der Waals surface area contributed by atoms with Gasteiger partial charge in [0.2, 0.25) is 11.8 Å². The van der Waals surface area contributed by atoms with Gasteiger partial charge in [-0.05, 0) is 13.3 Å². The summed E-state index contributed by atoms with van der Waals surface area (Å²) in [5.41, 5.74) is 11.3. The zero-order chi connectivity index (χ0) is 13.5. The Balaban J connectivity index is 2.90. The summed E-state index contributed by atoms with van der Waals surface area (Å²) in [5, 5.41) is 2.44. The van der Waals surface area contributed by atoms with E-state index in [4.69, 9.17) is 20.9 Å². The van der Waals surface area contributed by atoms with Crippen molar-refractivity contribution in [3.8, 4) is 11.8 Å². The van der Waals surface area contributed by atoms with Gasteiger partial charge in [0, 0.05) is 6.54 Å². The van der Waals surface area contributed by atoms with Crippen molar-refractivity contribution in [2.45, 2.75) is 20.3 Å². The minimum absolute atomic E-state index is 0.0453. The van der Waals surface area contributed by atoms with Crippen molar-refractivity contribution in [3.63, 3.8) is 0 Å². The zero-order valence-corrected chi connectivity index (χ0v) is 10.4. The summed E-state index contributed by atoms with van der Waals surface area (Å²) >= 11 is 0. The number of nitrogens with two attached hydrogens (primary N) is 2. The second-order valence-electron chi connectivity index (χ2n) is 3.37. The molecule has 0 saturated heterocycles. The van der Waals surface area contributed by atoms with Crippen LogP contribution in [-0.4, -0.2) is 29.2 Å². The van der Waals surface area contributed by atoms with Crippen molar-refractivity contribution in [1.29, 1.82) is 0 Å². The Morgan fingerprint density at radius 2 is 1.94 bits per heavy atom. The highest BCUT2D eigenvalue weighted by atomic mass is 16.6. The molecular weight excluding hydrogens is 238 g/mol. The van der Waals surface area contributed by atoms with E-state index in [1.807, 2.05) is 6.92 Å². The Kier molecular flexibility index (Phi) is 4.97. The Hall–Kier alpha value is -2.25. The predicted molar refractivity (Wildman–Crippen MR) is 66.3 cm³/mol. The lowest BCUT2D eigenvalue weighted by atomic mass is 10.5. The highest BCUT2D eigenvalue weighted by molar-refractivity contribution is 5.73. The van der Waals surface area contributed by atoms with Crippen molar-refractivity contribution in [2.24, 2.45) is 0 Å². The van der Waals surface area contributed by atoms with Crippen LogP contribution in [0.25, 0.3) is 0 Å². The summed E-state index contributed by atoms with van der Waals surface area (Å²) in [4.78, 5) is 18.8. The van der Waals surface area contributed by atoms with Crippen molar-refractivity contribution in [2.75, 3.05) is 24.6 Å². The van der Waals surface area contributed by atoms with Crippen molar-refractivity contribution in [1.82, 2.24) is 15.3 Å². The molecule has 0 bridgehead atoms. The van der Waals surface area contributed by atoms with Gasteiger partial charge in [-0.1, -0.05) is 6.92 Å². The van der Waals surface area contributed by atoms with E-state index in [1.165, 1.54) is 0 Å². The Bertz CT molecular complexity index is 424. The molecule has 1 amide bonds. The molecule has 0 aromatic carbocycles. The number of carbonyl (C=O) groups excluding carboxylic acids is 1. The molecule has 0 fully saturated rings. The van der Waals surface area contributed by atoms with Crippen LogP contribution in [0.15, 0.2) is 0 Å². The molecule has 0 spiro atoms. The fraction of sp³-hybridized carbons (Fsp3) is 0.500. The molecule has 18 heavy (non-hydrogen) atoms. The van der Waals surface area contributed by atoms with E-state index in [0.717, 1.165) is 6.42 Å². The highest BCUT2D eigenvalue weighted by Crippen LogP contribution is 2.28. The number of rotatable bonds is 5. The molecule has 0 aliphatic heterocycles. The van der Waals surface area contributed by atoms with Crippen molar-refractivity contribution >= 4 is 17.7 Å². The quantitative estimate of drug-likeness (QED) is 0.700. The number of anilines is 2. The largest absolute Gasteiger partial charge is 0.476 e. The normalized spacial score (nSPS) is 9.89. The smallest absolute Gasteiger partial charge is 0.414 e. The number of carbonyl (C=O) groups is 1. The maximum Gasteiger partial charge on any atom is 0.414 e. The van der Waals surface area contributed by atoms with Crippen LogP contribution in [0, 0.1) is 0 Å². The first kappa shape index (κ1) is 13.8. The topological polar surface area (TPSA) is 125 Å². The number of hydrogen-bond acceptors (Lipinski definition) is 7. The van der Waals surface area contributed by atoms with Crippen LogP contribution in [0.5, 0.6) is 11.8 Å². The maximum absolute atomic E-state index is 11.3. The Morgan fingerprint density at radius 1 is 1.28 bits per heavy atom. The molecule has 1 aromatic rings. The summed E-state index contributed by atoms with van der Waals surface area (Å²) < 4.78 is 10.2. The summed E-state index contributed by atoms with van der Waals surface area (Å²) in [7, 11) is 0. The first-order chi connectivity index (χ1) is 8.58. The third-order valence-corrected chi connectivity index (χ3v) is 1.85. The average molecular weight is 255 g/mol. The van der Waals surface area contributed by atoms with Gasteiger partial charge in [-0.25, -0.2) is 4.79 Å². The summed E-state index contributed by atoms with van der Waals surface area (Å²) in [6, 6.07) is 0. The number of nitrogens with zero attached hydrogens (tertiary/aromatic N) is 2. The van der Waals surface area contributed by atoms with Gasteiger partial charge in [-0.2, -0.15) is 9.97 Å². The second kappa shape index (κ2) is 6.48. The van der Waals surface area contributed by atoms with Gasteiger partial charge in [-0.15, -0.1) is 0 Å². The van der Waals surface area contributed by atoms with Gasteiger partial charge in [0.15, 0.2) is 5.69 Å². The van der Waals surface area contributed by atoms with Gasteiger partial charge < -0.3 is 26.3 Å². The standard InChI is InChI=1S/C10H17N5O3/c1-3-5-17-7-6(11)8(15-9(12)14-7)18-10(16)13-4-2/h3-5,11H2,1-2H3,(H,13,16)(H2,12,14,15). The third-order valence-electron chi connectivity index (χ3n) is 1.85. The Labute approximate surface area is 105 Å². The Morgan fingerprint density at radius 3 is 2.56 bits per heavy atom. The van der Waals surface area contributed by atoms with Gasteiger partial charge in [0.1, 0.15) is 0 Å². The van der Waals surface area contributed by atoms with E-state index >= 15 is 0 Å². The number of nitrogen functional groups attached to an aromatic ring is 2. The summed E-state index contributed by atoms with van der Waals surface area (Å²) in [6.45, 7) is 4.56. The second-order valence-corrected chi connectivity index (χ2v) is 3.37. The molecule has 0 atom stereocenters. The number of ether oxygens (including phenoxy) is 2. The fourth-order valence-electron chi connectivity index (χ4n) is 1.10. The fourth-order valence-corrected chi connectivity index (χ4v) is 1.10. The molecule has 1 rings (SSSR count). The monoisotopic (exact) mass is 255 g/mol. The molecule has 1 heterocycles. The van der Waals surface area contributed by atoms with E-state index in [0.29, 0.717) is 13.2 Å². The molecule has 8 nitrogen and oxygen atoms in total. The van der Waals surface area contributed by atoms with E-state index in [-0.39, 0.29) is 23.4 Å². The molecule has 1 aromatic heterocycles. The molecular formula is C10H17N5O3. The van der Waals surface area contributed by atoms with E-state index in [9.17, 15) is 4.79 Å². The molecule has 8 heteroatoms. The molecule has 0 aliphatic carbocycles. The van der Waals surface area contributed by atoms with Crippen molar-refractivity contribution < 1.29 is 14.3 Å². The molecule has 0 aliphatic rings. The summed E-state index contributed by atoms with van der Waals surface area (Å²) in [6.07, 6.45) is 0.124. The van der Waals surface area contributed by atoms with Crippen LogP contribution in [0.2, 0.25) is 0 Å². The average Bonchev–Trinajstić information content (AvgIpc) is 2.31. The summed E-state index contributed by atoms with van der Waals surface area (Å²) in [5.74, 6) is -0.0715. The lowest BCUT2D eigenvalue weighted by molar-refractivity contribution is 0.199. The number of nitrogens with one attached hydrogen (secondary N) is 1. The minimum Gasteiger partial charge on any atom is -0.476 e. The number of aromatic nitrogens is 2. The SMILES string of the molecule is CCCOc1nc(N)nc(OC(=O)NCC)c1N. The predicted octanol–water partition coefficient (Wildman–Crippen LogP) is 0.538. The van der Waals surface area contributed by atoms with E-state index in [1.54, 1.807) is 6.92 Å². The number of amides is 1.